The minimum Gasteiger partial charge on any atom is -0.485 e. The molecule has 0 spiro atoms. The number of ether oxygens (including phenoxy) is 1. The first-order chi connectivity index (χ1) is 10.2. The first kappa shape index (κ1) is 15.6. The van der Waals surface area contributed by atoms with Crippen molar-refractivity contribution < 1.29 is 4.74 Å². The molecule has 114 valence electrons. The maximum atomic E-state index is 6.02. The van der Waals surface area contributed by atoms with E-state index in [2.05, 4.69) is 60.8 Å². The van der Waals surface area contributed by atoms with E-state index in [9.17, 15) is 0 Å². The molecule has 1 N–H and O–H groups in total. The quantitative estimate of drug-likeness (QED) is 0.847. The van der Waals surface area contributed by atoms with Gasteiger partial charge in [0.1, 0.15) is 18.2 Å². The average molecular weight is 287 g/mol. The van der Waals surface area contributed by atoms with Crippen molar-refractivity contribution >= 4 is 0 Å². The molecule has 1 heterocycles. The zero-order valence-electron chi connectivity index (χ0n) is 13.4. The van der Waals surface area contributed by atoms with Gasteiger partial charge in [0, 0.05) is 30.5 Å². The molecule has 1 unspecified atom stereocenters. The third-order valence-corrected chi connectivity index (χ3v) is 3.64. The lowest BCUT2D eigenvalue weighted by atomic mass is 10.0. The first-order valence-corrected chi connectivity index (χ1v) is 7.62. The number of aromatic nitrogens is 2. The number of nitrogens with zero attached hydrogens (tertiary/aromatic N) is 2. The molecule has 0 fully saturated rings. The highest BCUT2D eigenvalue weighted by Gasteiger charge is 2.12. The Morgan fingerprint density at radius 1 is 1.33 bits per heavy atom. The normalized spacial score (nSPS) is 12.4. The summed E-state index contributed by atoms with van der Waals surface area (Å²) in [7, 11) is 0. The van der Waals surface area contributed by atoms with E-state index in [4.69, 9.17) is 4.74 Å². The van der Waals surface area contributed by atoms with E-state index in [0.717, 1.165) is 24.7 Å². The predicted molar refractivity (Wildman–Crippen MR) is 85.5 cm³/mol. The zero-order chi connectivity index (χ0) is 15.2. The fourth-order valence-corrected chi connectivity index (χ4v) is 2.46. The van der Waals surface area contributed by atoms with Gasteiger partial charge in [-0.05, 0) is 33.4 Å². The number of hydrogen-bond donors (Lipinski definition) is 1. The SMILES string of the molecule is CCNC(C)c1cc(C)ccc1OCc1nccn1CC. The molecule has 0 aliphatic carbocycles. The van der Waals surface area contributed by atoms with Gasteiger partial charge in [-0.15, -0.1) is 0 Å². The van der Waals surface area contributed by atoms with Crippen LogP contribution in [0.15, 0.2) is 30.6 Å². The second-order valence-corrected chi connectivity index (χ2v) is 5.24. The van der Waals surface area contributed by atoms with Crippen LogP contribution >= 0.6 is 0 Å². The number of benzene rings is 1. The van der Waals surface area contributed by atoms with Gasteiger partial charge < -0.3 is 14.6 Å². The van der Waals surface area contributed by atoms with Crippen LogP contribution in [0.25, 0.3) is 0 Å². The monoisotopic (exact) mass is 287 g/mol. The highest BCUT2D eigenvalue weighted by atomic mass is 16.5. The van der Waals surface area contributed by atoms with E-state index in [-0.39, 0.29) is 6.04 Å². The molecule has 1 aromatic heterocycles. The summed E-state index contributed by atoms with van der Waals surface area (Å²) in [5.74, 6) is 1.89. The Morgan fingerprint density at radius 3 is 2.86 bits per heavy atom. The van der Waals surface area contributed by atoms with Gasteiger partial charge in [0.2, 0.25) is 0 Å². The van der Waals surface area contributed by atoms with Crippen LogP contribution in [0.2, 0.25) is 0 Å². The van der Waals surface area contributed by atoms with Crippen molar-refractivity contribution in [2.75, 3.05) is 6.54 Å². The van der Waals surface area contributed by atoms with Crippen molar-refractivity contribution in [3.8, 4) is 5.75 Å². The number of rotatable bonds is 7. The van der Waals surface area contributed by atoms with E-state index in [1.54, 1.807) is 0 Å². The summed E-state index contributed by atoms with van der Waals surface area (Å²) >= 11 is 0. The molecule has 0 saturated carbocycles. The highest BCUT2D eigenvalue weighted by molar-refractivity contribution is 5.39. The van der Waals surface area contributed by atoms with Crippen LogP contribution in [0.3, 0.4) is 0 Å². The predicted octanol–water partition coefficient (Wildman–Crippen LogP) is 3.46. The summed E-state index contributed by atoms with van der Waals surface area (Å²) in [5, 5.41) is 3.44. The number of imidazole rings is 1. The Balaban J connectivity index is 2.15. The molecule has 0 aliphatic rings. The fourth-order valence-electron chi connectivity index (χ4n) is 2.46. The Bertz CT molecular complexity index is 577. The van der Waals surface area contributed by atoms with E-state index >= 15 is 0 Å². The molecule has 4 heteroatoms. The summed E-state index contributed by atoms with van der Waals surface area (Å²) in [6, 6.07) is 6.60. The molecule has 2 aromatic rings. The van der Waals surface area contributed by atoms with Crippen LogP contribution in [0, 0.1) is 6.92 Å². The Morgan fingerprint density at radius 2 is 2.14 bits per heavy atom. The van der Waals surface area contributed by atoms with Gasteiger partial charge in [-0.3, -0.25) is 0 Å². The van der Waals surface area contributed by atoms with Crippen LogP contribution in [0.1, 0.15) is 43.8 Å². The van der Waals surface area contributed by atoms with Crippen LogP contribution in [-0.2, 0) is 13.2 Å². The Hall–Kier alpha value is -1.81. The second-order valence-electron chi connectivity index (χ2n) is 5.24. The Kier molecular flexibility index (Phi) is 5.39. The van der Waals surface area contributed by atoms with Gasteiger partial charge in [-0.25, -0.2) is 4.98 Å². The largest absolute Gasteiger partial charge is 0.485 e. The van der Waals surface area contributed by atoms with Gasteiger partial charge in [0.25, 0.3) is 0 Å². The van der Waals surface area contributed by atoms with E-state index in [1.807, 2.05) is 12.4 Å². The molecule has 0 amide bonds. The number of aryl methyl sites for hydroxylation is 2. The molecule has 0 radical (unpaired) electrons. The van der Waals surface area contributed by atoms with Crippen molar-refractivity contribution in [2.45, 2.75) is 46.9 Å². The standard InChI is InChI=1S/C17H25N3O/c1-5-18-14(4)15-11-13(3)7-8-16(15)21-12-17-19-9-10-20(17)6-2/h7-11,14,18H,5-6,12H2,1-4H3. The zero-order valence-corrected chi connectivity index (χ0v) is 13.4. The lowest BCUT2D eigenvalue weighted by molar-refractivity contribution is 0.284. The maximum Gasteiger partial charge on any atom is 0.146 e. The molecule has 1 aromatic carbocycles. The molecule has 1 atom stereocenters. The summed E-state index contributed by atoms with van der Waals surface area (Å²) in [4.78, 5) is 4.35. The number of nitrogens with one attached hydrogen (secondary N) is 1. The molecule has 4 nitrogen and oxygen atoms in total. The minimum absolute atomic E-state index is 0.274. The lowest BCUT2D eigenvalue weighted by Gasteiger charge is -2.18. The molecular formula is C17H25N3O. The summed E-state index contributed by atoms with van der Waals surface area (Å²) in [6.07, 6.45) is 3.80. The summed E-state index contributed by atoms with van der Waals surface area (Å²) in [5.41, 5.74) is 2.45. The molecular weight excluding hydrogens is 262 g/mol. The van der Waals surface area contributed by atoms with Crippen LogP contribution < -0.4 is 10.1 Å². The summed E-state index contributed by atoms with van der Waals surface area (Å²) in [6.45, 7) is 10.8. The van der Waals surface area contributed by atoms with Crippen LogP contribution in [-0.4, -0.2) is 16.1 Å². The van der Waals surface area contributed by atoms with Gasteiger partial charge in [-0.1, -0.05) is 24.6 Å². The maximum absolute atomic E-state index is 6.02. The van der Waals surface area contributed by atoms with Gasteiger partial charge in [-0.2, -0.15) is 0 Å². The van der Waals surface area contributed by atoms with Crippen molar-refractivity contribution in [2.24, 2.45) is 0 Å². The Labute approximate surface area is 127 Å². The molecule has 21 heavy (non-hydrogen) atoms. The summed E-state index contributed by atoms with van der Waals surface area (Å²) < 4.78 is 8.12. The van der Waals surface area contributed by atoms with E-state index < -0.39 is 0 Å². The average Bonchev–Trinajstić information content (AvgIpc) is 2.93. The fraction of sp³-hybridized carbons (Fsp3) is 0.471. The minimum atomic E-state index is 0.274. The topological polar surface area (TPSA) is 39.1 Å². The van der Waals surface area contributed by atoms with Crippen molar-refractivity contribution in [3.05, 3.63) is 47.5 Å². The van der Waals surface area contributed by atoms with Crippen molar-refractivity contribution in [1.29, 1.82) is 0 Å². The van der Waals surface area contributed by atoms with E-state index in [0.29, 0.717) is 6.61 Å². The van der Waals surface area contributed by atoms with Crippen LogP contribution in [0.5, 0.6) is 5.75 Å². The van der Waals surface area contributed by atoms with E-state index in [1.165, 1.54) is 11.1 Å². The van der Waals surface area contributed by atoms with Crippen LogP contribution in [0.4, 0.5) is 0 Å². The highest BCUT2D eigenvalue weighted by Crippen LogP contribution is 2.27. The smallest absolute Gasteiger partial charge is 0.146 e. The third-order valence-electron chi connectivity index (χ3n) is 3.64. The first-order valence-electron chi connectivity index (χ1n) is 7.62. The van der Waals surface area contributed by atoms with Gasteiger partial charge in [0.15, 0.2) is 0 Å². The third kappa shape index (κ3) is 3.85. The van der Waals surface area contributed by atoms with Crippen molar-refractivity contribution in [1.82, 2.24) is 14.9 Å². The van der Waals surface area contributed by atoms with Gasteiger partial charge in [0.05, 0.1) is 0 Å². The second kappa shape index (κ2) is 7.27. The molecule has 0 bridgehead atoms. The molecule has 0 saturated heterocycles. The van der Waals surface area contributed by atoms with Crippen molar-refractivity contribution in [3.63, 3.8) is 0 Å². The van der Waals surface area contributed by atoms with Gasteiger partial charge >= 0.3 is 0 Å². The lowest BCUT2D eigenvalue weighted by Crippen LogP contribution is -2.19. The molecule has 0 aliphatic heterocycles. The molecule has 2 rings (SSSR count). The number of hydrogen-bond acceptors (Lipinski definition) is 3.